The number of morpholine rings is 1. The van der Waals surface area contributed by atoms with Crippen LogP contribution < -0.4 is 10.6 Å². The second-order valence-electron chi connectivity index (χ2n) is 7.14. The summed E-state index contributed by atoms with van der Waals surface area (Å²) in [6.45, 7) is 4.44. The summed E-state index contributed by atoms with van der Waals surface area (Å²) >= 11 is 1.83. The molecule has 1 saturated carbocycles. The molecule has 1 aromatic carbocycles. The lowest BCUT2D eigenvalue weighted by Gasteiger charge is -2.34. The van der Waals surface area contributed by atoms with Crippen molar-refractivity contribution < 1.29 is 4.74 Å². The van der Waals surface area contributed by atoms with Gasteiger partial charge in [0.25, 0.3) is 0 Å². The van der Waals surface area contributed by atoms with Crippen LogP contribution in [0.5, 0.6) is 0 Å². The van der Waals surface area contributed by atoms with E-state index in [0.717, 1.165) is 38.8 Å². The monoisotopic (exact) mass is 384 g/mol. The standard InChI is InChI=1S/C21H28N4OS/c1-22-21(24-18-14-17(18)16-6-3-2-4-7-16)23-15-19(20-8-5-13-27-20)25-9-11-26-12-10-25/h2-8,13,17-19H,9-12,14-15H2,1H3,(H2,22,23,24). The number of rotatable bonds is 6. The van der Waals surface area contributed by atoms with Crippen LogP contribution in [0.1, 0.15) is 28.8 Å². The van der Waals surface area contributed by atoms with Gasteiger partial charge in [-0.25, -0.2) is 0 Å². The predicted molar refractivity (Wildman–Crippen MR) is 112 cm³/mol. The minimum absolute atomic E-state index is 0.358. The maximum atomic E-state index is 5.53. The molecule has 1 saturated heterocycles. The van der Waals surface area contributed by atoms with Gasteiger partial charge in [0, 0.05) is 43.5 Å². The molecule has 2 aromatic rings. The zero-order valence-corrected chi connectivity index (χ0v) is 16.6. The number of ether oxygens (including phenoxy) is 1. The molecule has 4 rings (SSSR count). The number of hydrogen-bond donors (Lipinski definition) is 2. The van der Waals surface area contributed by atoms with Gasteiger partial charge in [-0.3, -0.25) is 9.89 Å². The number of benzene rings is 1. The zero-order chi connectivity index (χ0) is 18.5. The summed E-state index contributed by atoms with van der Waals surface area (Å²) < 4.78 is 5.53. The molecule has 0 spiro atoms. The van der Waals surface area contributed by atoms with Crippen molar-refractivity contribution in [3.05, 3.63) is 58.3 Å². The summed E-state index contributed by atoms with van der Waals surface area (Å²) in [5, 5.41) is 9.31. The predicted octanol–water partition coefficient (Wildman–Crippen LogP) is 2.84. The van der Waals surface area contributed by atoms with Crippen molar-refractivity contribution in [1.29, 1.82) is 0 Å². The van der Waals surface area contributed by atoms with Crippen molar-refractivity contribution in [2.75, 3.05) is 39.9 Å². The van der Waals surface area contributed by atoms with Crippen molar-refractivity contribution in [2.24, 2.45) is 4.99 Å². The molecule has 1 aliphatic carbocycles. The molecular formula is C21H28N4OS. The van der Waals surface area contributed by atoms with E-state index in [1.165, 1.54) is 16.9 Å². The van der Waals surface area contributed by atoms with Gasteiger partial charge in [-0.1, -0.05) is 36.4 Å². The van der Waals surface area contributed by atoms with E-state index >= 15 is 0 Å². The fourth-order valence-corrected chi connectivity index (χ4v) is 4.63. The highest BCUT2D eigenvalue weighted by Gasteiger charge is 2.39. The summed E-state index contributed by atoms with van der Waals surface area (Å²) in [7, 11) is 1.85. The van der Waals surface area contributed by atoms with Crippen LogP contribution >= 0.6 is 11.3 Å². The Balaban J connectivity index is 1.34. The molecule has 2 N–H and O–H groups in total. The highest BCUT2D eigenvalue weighted by molar-refractivity contribution is 7.10. The summed E-state index contributed by atoms with van der Waals surface area (Å²) in [5.41, 5.74) is 1.41. The summed E-state index contributed by atoms with van der Waals surface area (Å²) in [6.07, 6.45) is 1.17. The molecule has 0 amide bonds. The van der Waals surface area contributed by atoms with E-state index in [-0.39, 0.29) is 0 Å². The lowest BCUT2D eigenvalue weighted by atomic mass is 10.1. The lowest BCUT2D eigenvalue weighted by molar-refractivity contribution is 0.0177. The first-order valence-electron chi connectivity index (χ1n) is 9.72. The van der Waals surface area contributed by atoms with Gasteiger partial charge >= 0.3 is 0 Å². The van der Waals surface area contributed by atoms with Crippen molar-refractivity contribution in [2.45, 2.75) is 24.4 Å². The Morgan fingerprint density at radius 3 is 2.74 bits per heavy atom. The highest BCUT2D eigenvalue weighted by Crippen LogP contribution is 2.40. The molecular weight excluding hydrogens is 356 g/mol. The van der Waals surface area contributed by atoms with Crippen LogP contribution in [0.3, 0.4) is 0 Å². The van der Waals surface area contributed by atoms with E-state index in [1.54, 1.807) is 0 Å². The summed E-state index contributed by atoms with van der Waals surface area (Å²) in [5.74, 6) is 1.49. The van der Waals surface area contributed by atoms with E-state index in [4.69, 9.17) is 4.74 Å². The molecule has 2 heterocycles. The number of guanidine groups is 1. The SMILES string of the molecule is CN=C(NCC(c1cccs1)N1CCOCC1)NC1CC1c1ccccc1. The number of nitrogens with zero attached hydrogens (tertiary/aromatic N) is 2. The first-order chi connectivity index (χ1) is 13.3. The Kier molecular flexibility index (Phi) is 6.07. The number of thiophene rings is 1. The van der Waals surface area contributed by atoms with Crippen molar-refractivity contribution in [3.8, 4) is 0 Å². The largest absolute Gasteiger partial charge is 0.379 e. The van der Waals surface area contributed by atoms with Crippen LogP contribution in [-0.2, 0) is 4.74 Å². The Morgan fingerprint density at radius 2 is 2.04 bits per heavy atom. The van der Waals surface area contributed by atoms with Crippen molar-refractivity contribution >= 4 is 17.3 Å². The van der Waals surface area contributed by atoms with Crippen LogP contribution in [0.15, 0.2) is 52.8 Å². The van der Waals surface area contributed by atoms with Crippen LogP contribution in [0.25, 0.3) is 0 Å². The van der Waals surface area contributed by atoms with Crippen LogP contribution in [-0.4, -0.2) is 56.8 Å². The third-order valence-electron chi connectivity index (χ3n) is 5.38. The second kappa shape index (κ2) is 8.87. The second-order valence-corrected chi connectivity index (χ2v) is 8.12. The third-order valence-corrected chi connectivity index (χ3v) is 6.36. The van der Waals surface area contributed by atoms with E-state index in [2.05, 4.69) is 68.4 Å². The topological polar surface area (TPSA) is 48.9 Å². The maximum Gasteiger partial charge on any atom is 0.191 e. The fraction of sp³-hybridized carbons (Fsp3) is 0.476. The summed E-state index contributed by atoms with van der Waals surface area (Å²) in [4.78, 5) is 8.36. The van der Waals surface area contributed by atoms with Gasteiger partial charge in [0.05, 0.1) is 19.3 Å². The van der Waals surface area contributed by atoms with Crippen LogP contribution in [0.4, 0.5) is 0 Å². The molecule has 0 bridgehead atoms. The zero-order valence-electron chi connectivity index (χ0n) is 15.8. The minimum Gasteiger partial charge on any atom is -0.379 e. The third kappa shape index (κ3) is 4.69. The molecule has 6 heteroatoms. The Labute approximate surface area is 165 Å². The van der Waals surface area contributed by atoms with Gasteiger partial charge in [0.15, 0.2) is 5.96 Å². The molecule has 5 nitrogen and oxygen atoms in total. The van der Waals surface area contributed by atoms with E-state index in [9.17, 15) is 0 Å². The van der Waals surface area contributed by atoms with E-state index < -0.39 is 0 Å². The molecule has 1 aromatic heterocycles. The van der Waals surface area contributed by atoms with Crippen molar-refractivity contribution in [3.63, 3.8) is 0 Å². The van der Waals surface area contributed by atoms with Gasteiger partial charge in [-0.05, 0) is 23.4 Å². The van der Waals surface area contributed by atoms with Gasteiger partial charge < -0.3 is 15.4 Å². The molecule has 2 aliphatic rings. The van der Waals surface area contributed by atoms with E-state index in [0.29, 0.717) is 18.0 Å². The highest BCUT2D eigenvalue weighted by atomic mass is 32.1. The van der Waals surface area contributed by atoms with Gasteiger partial charge in [-0.2, -0.15) is 0 Å². The smallest absolute Gasteiger partial charge is 0.191 e. The quantitative estimate of drug-likeness (QED) is 0.594. The first-order valence-corrected chi connectivity index (χ1v) is 10.6. The molecule has 144 valence electrons. The Hall–Kier alpha value is -1.89. The van der Waals surface area contributed by atoms with Gasteiger partial charge in [0.2, 0.25) is 0 Å². The molecule has 3 unspecified atom stereocenters. The Bertz CT molecular complexity index is 728. The summed E-state index contributed by atoms with van der Waals surface area (Å²) in [6, 6.07) is 15.9. The average molecular weight is 385 g/mol. The number of hydrogen-bond acceptors (Lipinski definition) is 4. The lowest BCUT2D eigenvalue weighted by Crippen LogP contribution is -2.46. The Morgan fingerprint density at radius 1 is 1.22 bits per heavy atom. The number of aliphatic imine (C=N–C) groups is 1. The van der Waals surface area contributed by atoms with Gasteiger partial charge in [-0.15, -0.1) is 11.3 Å². The molecule has 27 heavy (non-hydrogen) atoms. The first kappa shape index (κ1) is 18.5. The van der Waals surface area contributed by atoms with Crippen LogP contribution in [0, 0.1) is 0 Å². The molecule has 0 radical (unpaired) electrons. The van der Waals surface area contributed by atoms with E-state index in [1.807, 2.05) is 18.4 Å². The molecule has 1 aliphatic heterocycles. The molecule has 3 atom stereocenters. The maximum absolute atomic E-state index is 5.53. The van der Waals surface area contributed by atoms with Crippen molar-refractivity contribution in [1.82, 2.24) is 15.5 Å². The molecule has 2 fully saturated rings. The fourth-order valence-electron chi connectivity index (χ4n) is 3.77. The minimum atomic E-state index is 0.358. The van der Waals surface area contributed by atoms with Crippen LogP contribution in [0.2, 0.25) is 0 Å². The average Bonchev–Trinajstić information content (AvgIpc) is 3.29. The van der Waals surface area contributed by atoms with Gasteiger partial charge in [0.1, 0.15) is 0 Å². The normalized spacial score (nSPS) is 24.4. The number of nitrogens with one attached hydrogen (secondary N) is 2.